The summed E-state index contributed by atoms with van der Waals surface area (Å²) in [7, 11) is 3.21. The van der Waals surface area contributed by atoms with E-state index in [1.54, 1.807) is 20.3 Å². The molecule has 0 fully saturated rings. The Morgan fingerprint density at radius 2 is 1.89 bits per heavy atom. The van der Waals surface area contributed by atoms with Crippen LogP contribution < -0.4 is 14.8 Å². The standard InChI is InChI=1S/C20H20ClN3O2.2ClH/c1-25-18-11-19(26-2)16(21)10-15(18)17-12-24-8-5-14(9-20(24)23-17)13-3-6-22-7-4-13;;/h3,5,8-12,22H,4,6-7H2,1-2H3;2*1H. The first kappa shape index (κ1) is 22.4. The molecule has 1 aromatic carbocycles. The van der Waals surface area contributed by atoms with Crippen molar-refractivity contribution in [3.63, 3.8) is 0 Å². The summed E-state index contributed by atoms with van der Waals surface area (Å²) in [4.78, 5) is 4.78. The van der Waals surface area contributed by atoms with Crippen LogP contribution in [-0.2, 0) is 0 Å². The van der Waals surface area contributed by atoms with E-state index in [0.29, 0.717) is 16.5 Å². The highest BCUT2D eigenvalue weighted by Gasteiger charge is 2.15. The lowest BCUT2D eigenvalue weighted by Gasteiger charge is -2.14. The van der Waals surface area contributed by atoms with Crippen molar-refractivity contribution in [1.29, 1.82) is 0 Å². The van der Waals surface area contributed by atoms with Gasteiger partial charge in [-0.1, -0.05) is 17.7 Å². The molecule has 3 heterocycles. The Bertz CT molecular complexity index is 1000. The van der Waals surface area contributed by atoms with Gasteiger partial charge in [0.15, 0.2) is 0 Å². The van der Waals surface area contributed by atoms with Crippen LogP contribution in [0.15, 0.2) is 42.7 Å². The quantitative estimate of drug-likeness (QED) is 0.625. The molecule has 2 aromatic heterocycles. The molecule has 28 heavy (non-hydrogen) atoms. The van der Waals surface area contributed by atoms with E-state index in [4.69, 9.17) is 26.1 Å². The number of nitrogens with one attached hydrogen (secondary N) is 1. The van der Waals surface area contributed by atoms with E-state index < -0.39 is 0 Å². The first-order valence-electron chi connectivity index (χ1n) is 8.50. The van der Waals surface area contributed by atoms with E-state index >= 15 is 0 Å². The molecule has 0 saturated heterocycles. The molecule has 0 amide bonds. The van der Waals surface area contributed by atoms with Gasteiger partial charge in [0, 0.05) is 30.6 Å². The highest BCUT2D eigenvalue weighted by atomic mass is 35.5. The Morgan fingerprint density at radius 1 is 1.11 bits per heavy atom. The van der Waals surface area contributed by atoms with Crippen molar-refractivity contribution in [2.75, 3.05) is 27.3 Å². The SMILES string of the molecule is COc1cc(OC)c(-c2cn3ccc(C4=CCNCC4)cc3n2)cc1Cl.Cl.Cl. The molecule has 1 N–H and O–H groups in total. The zero-order valence-electron chi connectivity index (χ0n) is 15.6. The van der Waals surface area contributed by atoms with Crippen molar-refractivity contribution >= 4 is 47.6 Å². The van der Waals surface area contributed by atoms with Crippen LogP contribution in [0.2, 0.25) is 5.02 Å². The van der Waals surface area contributed by atoms with Crippen LogP contribution in [-0.4, -0.2) is 36.7 Å². The van der Waals surface area contributed by atoms with Gasteiger partial charge in [0.25, 0.3) is 0 Å². The molecule has 4 rings (SSSR count). The minimum atomic E-state index is 0. The topological polar surface area (TPSA) is 47.8 Å². The number of hydrogen-bond donors (Lipinski definition) is 1. The van der Waals surface area contributed by atoms with E-state index in [-0.39, 0.29) is 24.8 Å². The number of fused-ring (bicyclic) bond motifs is 1. The normalized spacial score (nSPS) is 13.3. The summed E-state index contributed by atoms with van der Waals surface area (Å²) in [5.74, 6) is 1.26. The molecule has 0 unspecified atom stereocenters. The monoisotopic (exact) mass is 441 g/mol. The van der Waals surface area contributed by atoms with Gasteiger partial charge in [-0.15, -0.1) is 24.8 Å². The molecule has 150 valence electrons. The summed E-state index contributed by atoms with van der Waals surface area (Å²) in [5, 5.41) is 3.87. The van der Waals surface area contributed by atoms with Crippen LogP contribution in [0, 0.1) is 0 Å². The van der Waals surface area contributed by atoms with Crippen LogP contribution in [0.1, 0.15) is 12.0 Å². The van der Waals surface area contributed by atoms with E-state index in [1.165, 1.54) is 11.1 Å². The molecule has 8 heteroatoms. The van der Waals surface area contributed by atoms with Crippen molar-refractivity contribution in [3.05, 3.63) is 53.3 Å². The maximum Gasteiger partial charge on any atom is 0.141 e. The summed E-state index contributed by atoms with van der Waals surface area (Å²) in [6, 6.07) is 7.87. The molecule has 1 aliphatic heterocycles. The Kier molecular flexibility index (Phi) is 7.61. The maximum atomic E-state index is 6.31. The third-order valence-electron chi connectivity index (χ3n) is 4.64. The molecule has 0 radical (unpaired) electrons. The van der Waals surface area contributed by atoms with Crippen molar-refractivity contribution in [3.8, 4) is 22.8 Å². The minimum Gasteiger partial charge on any atom is -0.496 e. The Balaban J connectivity index is 0.00000140. The molecule has 0 aliphatic carbocycles. The zero-order valence-corrected chi connectivity index (χ0v) is 18.0. The third kappa shape index (κ3) is 4.23. The molecule has 0 atom stereocenters. The highest BCUT2D eigenvalue weighted by molar-refractivity contribution is 6.32. The van der Waals surface area contributed by atoms with Crippen LogP contribution in [0.5, 0.6) is 11.5 Å². The van der Waals surface area contributed by atoms with Gasteiger partial charge in [-0.05, 0) is 42.3 Å². The summed E-state index contributed by atoms with van der Waals surface area (Å²) < 4.78 is 12.8. The number of nitrogens with zero attached hydrogens (tertiary/aromatic N) is 2. The first-order valence-corrected chi connectivity index (χ1v) is 8.88. The van der Waals surface area contributed by atoms with Gasteiger partial charge in [-0.3, -0.25) is 0 Å². The predicted octanol–water partition coefficient (Wildman–Crippen LogP) is 4.89. The Labute approximate surface area is 181 Å². The molecule has 0 saturated carbocycles. The van der Waals surface area contributed by atoms with Gasteiger partial charge in [-0.2, -0.15) is 0 Å². The third-order valence-corrected chi connectivity index (χ3v) is 4.94. The van der Waals surface area contributed by atoms with Crippen LogP contribution >= 0.6 is 36.4 Å². The maximum absolute atomic E-state index is 6.31. The lowest BCUT2D eigenvalue weighted by Crippen LogP contribution is -2.20. The molecule has 5 nitrogen and oxygen atoms in total. The molecular weight excluding hydrogens is 421 g/mol. The van der Waals surface area contributed by atoms with Crippen molar-refractivity contribution in [2.24, 2.45) is 0 Å². The van der Waals surface area contributed by atoms with E-state index in [1.807, 2.05) is 22.9 Å². The largest absolute Gasteiger partial charge is 0.496 e. The molecular formula is C20H22Cl3N3O2. The Hall–Kier alpha value is -1.92. The molecule has 3 aromatic rings. The summed E-state index contributed by atoms with van der Waals surface area (Å²) in [6.07, 6.45) is 7.30. The number of aromatic nitrogens is 2. The number of hydrogen-bond acceptors (Lipinski definition) is 4. The van der Waals surface area contributed by atoms with Gasteiger partial charge in [0.05, 0.1) is 24.9 Å². The number of ether oxygens (including phenoxy) is 2. The fourth-order valence-electron chi connectivity index (χ4n) is 3.26. The molecule has 1 aliphatic rings. The fraction of sp³-hybridized carbons (Fsp3) is 0.250. The second kappa shape index (κ2) is 9.52. The number of halogens is 3. The van der Waals surface area contributed by atoms with E-state index in [0.717, 1.165) is 36.4 Å². The van der Waals surface area contributed by atoms with Gasteiger partial charge in [0.2, 0.25) is 0 Å². The summed E-state index contributed by atoms with van der Waals surface area (Å²) >= 11 is 6.31. The highest BCUT2D eigenvalue weighted by Crippen LogP contribution is 2.38. The van der Waals surface area contributed by atoms with Crippen molar-refractivity contribution in [2.45, 2.75) is 6.42 Å². The predicted molar refractivity (Wildman–Crippen MR) is 119 cm³/mol. The summed E-state index contributed by atoms with van der Waals surface area (Å²) in [5.41, 5.74) is 5.12. The average molecular weight is 443 g/mol. The Morgan fingerprint density at radius 3 is 2.57 bits per heavy atom. The molecule has 0 bridgehead atoms. The van der Waals surface area contributed by atoms with Crippen LogP contribution in [0.3, 0.4) is 0 Å². The number of benzene rings is 1. The molecule has 0 spiro atoms. The van der Waals surface area contributed by atoms with Gasteiger partial charge in [0.1, 0.15) is 17.1 Å². The lowest BCUT2D eigenvalue weighted by atomic mass is 10.0. The number of rotatable bonds is 4. The van der Waals surface area contributed by atoms with Gasteiger partial charge >= 0.3 is 0 Å². The average Bonchev–Trinajstić information content (AvgIpc) is 3.11. The first-order chi connectivity index (χ1) is 12.7. The van der Waals surface area contributed by atoms with E-state index in [9.17, 15) is 0 Å². The van der Waals surface area contributed by atoms with Gasteiger partial charge < -0.3 is 19.2 Å². The summed E-state index contributed by atoms with van der Waals surface area (Å²) in [6.45, 7) is 1.93. The van der Waals surface area contributed by atoms with E-state index in [2.05, 4.69) is 23.5 Å². The second-order valence-corrected chi connectivity index (χ2v) is 6.58. The van der Waals surface area contributed by atoms with Crippen molar-refractivity contribution in [1.82, 2.24) is 14.7 Å². The second-order valence-electron chi connectivity index (χ2n) is 6.18. The van der Waals surface area contributed by atoms with Crippen LogP contribution in [0.25, 0.3) is 22.5 Å². The van der Waals surface area contributed by atoms with Crippen LogP contribution in [0.4, 0.5) is 0 Å². The smallest absolute Gasteiger partial charge is 0.141 e. The van der Waals surface area contributed by atoms with Crippen molar-refractivity contribution < 1.29 is 9.47 Å². The fourth-order valence-corrected chi connectivity index (χ4v) is 3.50. The number of methoxy groups -OCH3 is 2. The lowest BCUT2D eigenvalue weighted by molar-refractivity contribution is 0.395. The zero-order chi connectivity index (χ0) is 18.1. The van der Waals surface area contributed by atoms with Gasteiger partial charge in [-0.25, -0.2) is 4.98 Å². The number of pyridine rings is 1. The number of imidazole rings is 1. The minimum absolute atomic E-state index is 0.